The minimum Gasteiger partial charge on any atom is -0.358 e. The number of rotatable bonds is 7. The van der Waals surface area contributed by atoms with Gasteiger partial charge in [-0.1, -0.05) is 13.8 Å². The summed E-state index contributed by atoms with van der Waals surface area (Å²) in [6, 6.07) is 0.208. The highest BCUT2D eigenvalue weighted by Crippen LogP contribution is 2.14. The lowest BCUT2D eigenvalue weighted by Gasteiger charge is -2.32. The number of hydrogen-bond acceptors (Lipinski definition) is 4. The average molecular weight is 298 g/mol. The van der Waals surface area contributed by atoms with Crippen molar-refractivity contribution < 1.29 is 9.59 Å². The molecular formula is C15H30N4O2. The molecule has 6 nitrogen and oxygen atoms in total. The number of piperidine rings is 1. The van der Waals surface area contributed by atoms with E-state index in [1.54, 1.807) is 7.05 Å². The molecule has 1 heterocycles. The van der Waals surface area contributed by atoms with Crippen LogP contribution in [0.1, 0.15) is 33.1 Å². The molecule has 122 valence electrons. The van der Waals surface area contributed by atoms with Gasteiger partial charge in [0.15, 0.2) is 0 Å². The summed E-state index contributed by atoms with van der Waals surface area (Å²) in [5, 5.41) is 5.75. The van der Waals surface area contributed by atoms with Gasteiger partial charge in [-0.3, -0.25) is 14.5 Å². The zero-order valence-corrected chi connectivity index (χ0v) is 13.5. The lowest BCUT2D eigenvalue weighted by atomic mass is 9.95. The molecule has 0 bridgehead atoms. The first-order chi connectivity index (χ1) is 9.96. The van der Waals surface area contributed by atoms with Crippen LogP contribution in [0.15, 0.2) is 0 Å². The molecule has 21 heavy (non-hydrogen) atoms. The summed E-state index contributed by atoms with van der Waals surface area (Å²) in [5.74, 6) is 0.501. The highest BCUT2D eigenvalue weighted by molar-refractivity contribution is 5.79. The molecule has 0 radical (unpaired) electrons. The van der Waals surface area contributed by atoms with Gasteiger partial charge in [0.25, 0.3) is 0 Å². The molecular weight excluding hydrogens is 268 g/mol. The first-order valence-electron chi connectivity index (χ1n) is 7.89. The van der Waals surface area contributed by atoms with E-state index in [1.165, 1.54) is 0 Å². The summed E-state index contributed by atoms with van der Waals surface area (Å²) in [4.78, 5) is 25.7. The normalized spacial score (nSPS) is 18.5. The Labute approximate surface area is 127 Å². The molecule has 1 atom stereocenters. The van der Waals surface area contributed by atoms with Crippen LogP contribution in [0.25, 0.3) is 0 Å². The maximum Gasteiger partial charge on any atom is 0.233 e. The Balaban J connectivity index is 2.34. The summed E-state index contributed by atoms with van der Waals surface area (Å²) in [6.45, 7) is 6.74. The van der Waals surface area contributed by atoms with Crippen molar-refractivity contribution >= 4 is 11.8 Å². The Morgan fingerprint density at radius 1 is 1.29 bits per heavy atom. The van der Waals surface area contributed by atoms with E-state index in [1.807, 2.05) is 0 Å². The predicted octanol–water partition coefficient (Wildman–Crippen LogP) is -0.0660. The van der Waals surface area contributed by atoms with Crippen LogP contribution in [0.5, 0.6) is 0 Å². The first kappa shape index (κ1) is 17.9. The van der Waals surface area contributed by atoms with E-state index in [9.17, 15) is 9.59 Å². The van der Waals surface area contributed by atoms with Gasteiger partial charge in [-0.05, 0) is 25.2 Å². The molecule has 1 saturated heterocycles. The van der Waals surface area contributed by atoms with Gasteiger partial charge >= 0.3 is 0 Å². The molecule has 4 N–H and O–H groups in total. The second-order valence-electron chi connectivity index (χ2n) is 6.29. The topological polar surface area (TPSA) is 87.5 Å². The third-order valence-electron chi connectivity index (χ3n) is 3.99. The van der Waals surface area contributed by atoms with Crippen molar-refractivity contribution in [3.8, 4) is 0 Å². The zero-order valence-electron chi connectivity index (χ0n) is 13.5. The van der Waals surface area contributed by atoms with E-state index >= 15 is 0 Å². The third kappa shape index (κ3) is 6.44. The van der Waals surface area contributed by atoms with E-state index in [-0.39, 0.29) is 23.8 Å². The van der Waals surface area contributed by atoms with E-state index in [2.05, 4.69) is 29.4 Å². The quantitative estimate of drug-likeness (QED) is 0.614. The maximum atomic E-state index is 12.2. The Hall–Kier alpha value is -1.14. The molecule has 2 amide bonds. The maximum absolute atomic E-state index is 12.2. The van der Waals surface area contributed by atoms with Crippen molar-refractivity contribution in [1.29, 1.82) is 0 Å². The van der Waals surface area contributed by atoms with Crippen LogP contribution < -0.4 is 16.4 Å². The molecule has 0 aromatic carbocycles. The highest BCUT2D eigenvalue weighted by atomic mass is 16.2. The molecule has 1 rings (SSSR count). The van der Waals surface area contributed by atoms with Gasteiger partial charge in [-0.15, -0.1) is 0 Å². The lowest BCUT2D eigenvalue weighted by molar-refractivity contribution is -0.127. The van der Waals surface area contributed by atoms with Crippen molar-refractivity contribution in [2.24, 2.45) is 17.6 Å². The molecule has 1 unspecified atom stereocenters. The van der Waals surface area contributed by atoms with Gasteiger partial charge in [-0.2, -0.15) is 0 Å². The molecule has 6 heteroatoms. The van der Waals surface area contributed by atoms with Crippen LogP contribution in [0.4, 0.5) is 0 Å². The molecule has 0 aromatic heterocycles. The summed E-state index contributed by atoms with van der Waals surface area (Å²) >= 11 is 0. The van der Waals surface area contributed by atoms with E-state index < -0.39 is 0 Å². The Bertz CT molecular complexity index is 339. The fourth-order valence-corrected chi connectivity index (χ4v) is 2.72. The van der Waals surface area contributed by atoms with Crippen molar-refractivity contribution in [1.82, 2.24) is 15.5 Å². The van der Waals surface area contributed by atoms with Crippen molar-refractivity contribution in [2.45, 2.75) is 39.2 Å². The van der Waals surface area contributed by atoms with Crippen LogP contribution in [0.2, 0.25) is 0 Å². The van der Waals surface area contributed by atoms with Crippen LogP contribution in [0, 0.1) is 11.8 Å². The first-order valence-corrected chi connectivity index (χ1v) is 7.89. The van der Waals surface area contributed by atoms with Gasteiger partial charge in [0, 0.05) is 32.7 Å². The van der Waals surface area contributed by atoms with E-state index in [0.717, 1.165) is 32.4 Å². The number of nitrogens with two attached hydrogens (primary N) is 1. The minimum atomic E-state index is -0.0890. The Morgan fingerprint density at radius 3 is 2.38 bits per heavy atom. The van der Waals surface area contributed by atoms with Gasteiger partial charge in [0.2, 0.25) is 11.8 Å². The van der Waals surface area contributed by atoms with Crippen LogP contribution in [-0.2, 0) is 9.59 Å². The van der Waals surface area contributed by atoms with Crippen molar-refractivity contribution in [2.75, 3.05) is 33.2 Å². The Morgan fingerprint density at radius 2 is 1.90 bits per heavy atom. The number of likely N-dealkylation sites (tertiary alicyclic amines) is 1. The molecule has 0 spiro atoms. The molecule has 0 saturated carbocycles. The van der Waals surface area contributed by atoms with Gasteiger partial charge in [0.05, 0.1) is 12.5 Å². The Kier molecular flexibility index (Phi) is 7.67. The fraction of sp³-hybridized carbons (Fsp3) is 0.867. The number of carbonyl (C=O) groups excluding carboxylic acids is 2. The van der Waals surface area contributed by atoms with Gasteiger partial charge in [-0.25, -0.2) is 0 Å². The van der Waals surface area contributed by atoms with Crippen LogP contribution >= 0.6 is 0 Å². The number of amides is 2. The molecule has 0 aliphatic carbocycles. The third-order valence-corrected chi connectivity index (χ3v) is 3.99. The van der Waals surface area contributed by atoms with Crippen LogP contribution in [-0.4, -0.2) is 56.0 Å². The molecule has 1 fully saturated rings. The highest BCUT2D eigenvalue weighted by Gasteiger charge is 2.25. The number of hydrogen-bond donors (Lipinski definition) is 3. The zero-order chi connectivity index (χ0) is 15.8. The van der Waals surface area contributed by atoms with Gasteiger partial charge in [0.1, 0.15) is 0 Å². The minimum absolute atomic E-state index is 0.0395. The largest absolute Gasteiger partial charge is 0.358 e. The summed E-state index contributed by atoms with van der Waals surface area (Å²) in [5.41, 5.74) is 5.71. The lowest BCUT2D eigenvalue weighted by Crippen LogP contribution is -2.49. The number of likely N-dealkylation sites (N-methyl/N-ethyl adjacent to an activating group) is 1. The number of nitrogens with one attached hydrogen (secondary N) is 2. The van der Waals surface area contributed by atoms with E-state index in [0.29, 0.717) is 19.0 Å². The summed E-state index contributed by atoms with van der Waals surface area (Å²) < 4.78 is 0. The summed E-state index contributed by atoms with van der Waals surface area (Å²) in [7, 11) is 1.65. The van der Waals surface area contributed by atoms with E-state index in [4.69, 9.17) is 5.73 Å². The second-order valence-corrected chi connectivity index (χ2v) is 6.29. The van der Waals surface area contributed by atoms with Crippen molar-refractivity contribution in [3.63, 3.8) is 0 Å². The SMILES string of the molecule is CNC(=O)CN1CCC(NC(=O)C(CN)CC(C)C)CC1. The fourth-order valence-electron chi connectivity index (χ4n) is 2.72. The average Bonchev–Trinajstić information content (AvgIpc) is 2.46. The monoisotopic (exact) mass is 298 g/mol. The second kappa shape index (κ2) is 9.00. The van der Waals surface area contributed by atoms with Crippen molar-refractivity contribution in [3.05, 3.63) is 0 Å². The molecule has 1 aliphatic rings. The number of carbonyl (C=O) groups is 2. The smallest absolute Gasteiger partial charge is 0.233 e. The standard InChI is InChI=1S/C15H30N4O2/c1-11(2)8-12(9-16)15(21)18-13-4-6-19(7-5-13)10-14(20)17-3/h11-13H,4-10,16H2,1-3H3,(H,17,20)(H,18,21). The predicted molar refractivity (Wildman–Crippen MR) is 83.7 cm³/mol. The molecule has 1 aliphatic heterocycles. The van der Waals surface area contributed by atoms with Gasteiger partial charge < -0.3 is 16.4 Å². The van der Waals surface area contributed by atoms with Crippen LogP contribution in [0.3, 0.4) is 0 Å². The molecule has 0 aromatic rings. The summed E-state index contributed by atoms with van der Waals surface area (Å²) in [6.07, 6.45) is 2.61. The number of nitrogens with zero attached hydrogens (tertiary/aromatic N) is 1.